The van der Waals surface area contributed by atoms with Crippen LogP contribution in [0.15, 0.2) is 36.4 Å². The predicted molar refractivity (Wildman–Crippen MR) is 110 cm³/mol. The predicted octanol–water partition coefficient (Wildman–Crippen LogP) is 3.19. The number of benzene rings is 2. The van der Waals surface area contributed by atoms with E-state index in [0.717, 1.165) is 18.4 Å². The van der Waals surface area contributed by atoms with Crippen molar-refractivity contribution in [1.29, 1.82) is 0 Å². The highest BCUT2D eigenvalue weighted by Gasteiger charge is 2.48. The van der Waals surface area contributed by atoms with Crippen molar-refractivity contribution in [1.82, 2.24) is 9.62 Å². The molecule has 32 heavy (non-hydrogen) atoms. The average molecular weight is 470 g/mol. The molecule has 0 aromatic heterocycles. The van der Waals surface area contributed by atoms with Crippen LogP contribution in [0.1, 0.15) is 18.4 Å². The van der Waals surface area contributed by atoms with Crippen LogP contribution in [0, 0.1) is 23.4 Å². The molecule has 0 unspecified atom stereocenters. The fourth-order valence-corrected chi connectivity index (χ4v) is 5.02. The van der Waals surface area contributed by atoms with Crippen molar-refractivity contribution in [2.45, 2.75) is 37.5 Å². The highest BCUT2D eigenvalue weighted by atomic mass is 32.2. The molecular weight excluding hydrogens is 448 g/mol. The number of alkyl halides is 1. The van der Waals surface area contributed by atoms with E-state index in [1.807, 2.05) is 0 Å². The summed E-state index contributed by atoms with van der Waals surface area (Å²) in [6.07, 6.45) is 0.433. The van der Waals surface area contributed by atoms with E-state index in [0.29, 0.717) is 18.9 Å². The van der Waals surface area contributed by atoms with Gasteiger partial charge in [0.05, 0.1) is 24.9 Å². The van der Waals surface area contributed by atoms with Crippen molar-refractivity contribution in [3.63, 3.8) is 0 Å². The maximum Gasteiger partial charge on any atom is 0.226 e. The van der Waals surface area contributed by atoms with Crippen molar-refractivity contribution in [2.75, 3.05) is 12.8 Å². The number of nitrogens with zero attached hydrogens (tertiary/aromatic N) is 1. The fraction of sp³-hybridized carbons (Fsp3) is 0.409. The lowest BCUT2D eigenvalue weighted by Crippen LogP contribution is -2.49. The molecule has 5 nitrogen and oxygen atoms in total. The molecule has 0 spiro atoms. The monoisotopic (exact) mass is 470 g/mol. The van der Waals surface area contributed by atoms with Crippen LogP contribution < -0.4 is 4.72 Å². The van der Waals surface area contributed by atoms with Crippen LogP contribution in [-0.4, -0.2) is 50.3 Å². The van der Waals surface area contributed by atoms with Crippen molar-refractivity contribution in [2.24, 2.45) is 5.92 Å². The van der Waals surface area contributed by atoms with Gasteiger partial charge in [0, 0.05) is 17.5 Å². The first-order valence-electron chi connectivity index (χ1n) is 10.2. The summed E-state index contributed by atoms with van der Waals surface area (Å²) in [5, 5.41) is 0. The molecule has 4 rings (SSSR count). The molecule has 1 aliphatic heterocycles. The number of hydrogen-bond donors (Lipinski definition) is 1. The topological polar surface area (TPSA) is 66.5 Å². The minimum absolute atomic E-state index is 0.00614. The third-order valence-electron chi connectivity index (χ3n) is 5.82. The maximum absolute atomic E-state index is 15.4. The zero-order valence-corrected chi connectivity index (χ0v) is 18.0. The van der Waals surface area contributed by atoms with Crippen LogP contribution in [0.2, 0.25) is 0 Å². The Kier molecular flexibility index (Phi) is 6.02. The van der Waals surface area contributed by atoms with E-state index in [2.05, 4.69) is 4.72 Å². The molecule has 1 saturated carbocycles. The van der Waals surface area contributed by atoms with Gasteiger partial charge in [0.25, 0.3) is 0 Å². The summed E-state index contributed by atoms with van der Waals surface area (Å²) in [5.74, 6) is -3.00. The zero-order valence-electron chi connectivity index (χ0n) is 17.2. The van der Waals surface area contributed by atoms with Gasteiger partial charge in [-0.05, 0) is 42.5 Å². The lowest BCUT2D eigenvalue weighted by molar-refractivity contribution is -0.133. The number of amides is 1. The van der Waals surface area contributed by atoms with E-state index in [4.69, 9.17) is 0 Å². The van der Waals surface area contributed by atoms with E-state index in [1.165, 1.54) is 23.1 Å². The number of sulfonamides is 1. The summed E-state index contributed by atoms with van der Waals surface area (Å²) < 4.78 is 83.3. The Morgan fingerprint density at radius 2 is 1.78 bits per heavy atom. The van der Waals surface area contributed by atoms with Gasteiger partial charge >= 0.3 is 0 Å². The van der Waals surface area contributed by atoms with Gasteiger partial charge in [-0.3, -0.25) is 4.79 Å². The normalized spacial score (nSPS) is 23.5. The Morgan fingerprint density at radius 3 is 2.38 bits per heavy atom. The van der Waals surface area contributed by atoms with Crippen molar-refractivity contribution >= 4 is 15.9 Å². The highest BCUT2D eigenvalue weighted by Crippen LogP contribution is 2.36. The quantitative estimate of drug-likeness (QED) is 0.660. The van der Waals surface area contributed by atoms with E-state index in [-0.39, 0.29) is 41.5 Å². The number of carbonyl (C=O) groups excluding carboxylic acids is 1. The molecule has 2 aromatic rings. The standard InChI is InChI=1S/C22H22F4N2O3S/c1-32(30,31)27-21-18(25)11-28(22(29)12-5-6-12)19(21)9-13-3-2-4-17(20(13)26)14-7-15(23)10-16(24)8-14/h2-4,7-8,10,12,18-19,21,27H,5-6,9,11H2,1H3/t18-,19-,21-/m0/s1. The summed E-state index contributed by atoms with van der Waals surface area (Å²) in [4.78, 5) is 14.0. The van der Waals surface area contributed by atoms with Crippen LogP contribution in [0.3, 0.4) is 0 Å². The van der Waals surface area contributed by atoms with Crippen molar-refractivity contribution < 1.29 is 30.8 Å². The van der Waals surface area contributed by atoms with Gasteiger partial charge in [-0.15, -0.1) is 0 Å². The Balaban J connectivity index is 1.69. The van der Waals surface area contributed by atoms with Gasteiger partial charge in [0.15, 0.2) is 0 Å². The van der Waals surface area contributed by atoms with Crippen molar-refractivity contribution in [3.8, 4) is 11.1 Å². The molecule has 0 radical (unpaired) electrons. The molecule has 1 saturated heterocycles. The van der Waals surface area contributed by atoms with Crippen LogP contribution in [0.5, 0.6) is 0 Å². The largest absolute Gasteiger partial charge is 0.334 e. The molecule has 0 bridgehead atoms. The van der Waals surface area contributed by atoms with E-state index < -0.39 is 45.7 Å². The van der Waals surface area contributed by atoms with E-state index in [9.17, 15) is 26.4 Å². The summed E-state index contributed by atoms with van der Waals surface area (Å²) >= 11 is 0. The molecule has 2 fully saturated rings. The third kappa shape index (κ3) is 4.80. The molecule has 172 valence electrons. The summed E-state index contributed by atoms with van der Waals surface area (Å²) in [6.45, 7) is -0.288. The second kappa shape index (κ2) is 8.47. The van der Waals surface area contributed by atoms with Gasteiger partial charge in [-0.25, -0.2) is 30.7 Å². The SMILES string of the molecule is CS(=O)(=O)N[C@H]1[C@@H](F)CN(C(=O)C2CC2)[C@H]1Cc1cccc(-c2cc(F)cc(F)c2)c1F. The molecule has 10 heteroatoms. The summed E-state index contributed by atoms with van der Waals surface area (Å²) in [5.41, 5.74) is 0.0249. The molecule has 2 aliphatic rings. The van der Waals surface area contributed by atoms with Crippen molar-refractivity contribution in [3.05, 3.63) is 59.4 Å². The Morgan fingerprint density at radius 1 is 1.12 bits per heavy atom. The first-order chi connectivity index (χ1) is 15.0. The summed E-state index contributed by atoms with van der Waals surface area (Å²) in [6, 6.07) is 4.77. The Bertz CT molecular complexity index is 1130. The van der Waals surface area contributed by atoms with Crippen LogP contribution in [-0.2, 0) is 21.2 Å². The van der Waals surface area contributed by atoms with Gasteiger partial charge in [0.1, 0.15) is 23.6 Å². The lowest BCUT2D eigenvalue weighted by atomic mass is 9.95. The molecule has 2 aromatic carbocycles. The number of hydrogen-bond acceptors (Lipinski definition) is 3. The number of carbonyl (C=O) groups is 1. The minimum Gasteiger partial charge on any atom is -0.334 e. The molecule has 1 amide bonds. The second-order valence-electron chi connectivity index (χ2n) is 8.40. The average Bonchev–Trinajstić information content (AvgIpc) is 3.49. The van der Waals surface area contributed by atoms with E-state index in [1.54, 1.807) is 0 Å². The fourth-order valence-electron chi connectivity index (χ4n) is 4.22. The molecule has 1 N–H and O–H groups in total. The van der Waals surface area contributed by atoms with Crippen LogP contribution in [0.25, 0.3) is 11.1 Å². The maximum atomic E-state index is 15.4. The first-order valence-corrected chi connectivity index (χ1v) is 12.1. The minimum atomic E-state index is -3.80. The summed E-state index contributed by atoms with van der Waals surface area (Å²) in [7, 11) is -3.80. The molecular formula is C22H22F4N2O3S. The number of nitrogens with one attached hydrogen (secondary N) is 1. The molecule has 3 atom stereocenters. The highest BCUT2D eigenvalue weighted by molar-refractivity contribution is 7.88. The smallest absolute Gasteiger partial charge is 0.226 e. The Labute approximate surface area is 183 Å². The van der Waals surface area contributed by atoms with Gasteiger partial charge < -0.3 is 4.90 Å². The van der Waals surface area contributed by atoms with Gasteiger partial charge in [-0.2, -0.15) is 0 Å². The van der Waals surface area contributed by atoms with Crippen LogP contribution >= 0.6 is 0 Å². The van der Waals surface area contributed by atoms with E-state index >= 15 is 4.39 Å². The van der Waals surface area contributed by atoms with Gasteiger partial charge in [-0.1, -0.05) is 18.2 Å². The zero-order chi connectivity index (χ0) is 23.2. The number of rotatable bonds is 6. The lowest BCUT2D eigenvalue weighted by Gasteiger charge is -2.28. The van der Waals surface area contributed by atoms with Gasteiger partial charge in [0.2, 0.25) is 15.9 Å². The number of likely N-dealkylation sites (tertiary alicyclic amines) is 1. The first kappa shape index (κ1) is 22.7. The molecule has 1 heterocycles. The van der Waals surface area contributed by atoms with Crippen LogP contribution in [0.4, 0.5) is 17.6 Å². The number of halogens is 4. The molecule has 1 aliphatic carbocycles. The Hall–Kier alpha value is -2.46. The second-order valence-corrected chi connectivity index (χ2v) is 10.2. The third-order valence-corrected chi connectivity index (χ3v) is 6.52.